The molecule has 138 valence electrons. The molecule has 0 unspecified atom stereocenters. The maximum Gasteiger partial charge on any atom is 0.269 e. The number of non-ortho nitro benzene ring substituents is 1. The summed E-state index contributed by atoms with van der Waals surface area (Å²) in [5.74, 6) is -0.786. The van der Waals surface area contributed by atoms with E-state index in [4.69, 9.17) is 0 Å². The van der Waals surface area contributed by atoms with E-state index in [2.05, 4.69) is 15.9 Å². The minimum Gasteiger partial charge on any atom is -0.369 e. The normalized spacial score (nSPS) is 15.8. The molecule has 0 N–H and O–H groups in total. The summed E-state index contributed by atoms with van der Waals surface area (Å²) in [6.45, 7) is 1.22. The third-order valence-corrected chi connectivity index (χ3v) is 6.58. The van der Waals surface area contributed by atoms with E-state index in [1.54, 1.807) is 12.1 Å². The summed E-state index contributed by atoms with van der Waals surface area (Å²) >= 11 is 3.16. The van der Waals surface area contributed by atoms with E-state index in [0.29, 0.717) is 17.6 Å². The molecule has 0 atom stereocenters. The Balaban J connectivity index is 1.73. The number of benzene rings is 2. The first-order valence-electron chi connectivity index (χ1n) is 7.73. The van der Waals surface area contributed by atoms with Gasteiger partial charge in [-0.15, -0.1) is 0 Å². The lowest BCUT2D eigenvalue weighted by molar-refractivity contribution is -0.384. The molecule has 1 aliphatic heterocycles. The molecular formula is C16H15BrFN3O4S. The molecule has 1 heterocycles. The number of piperazine rings is 1. The maximum absolute atomic E-state index is 14.0. The van der Waals surface area contributed by atoms with Gasteiger partial charge in [0.25, 0.3) is 5.69 Å². The number of nitro groups is 1. The predicted molar refractivity (Wildman–Crippen MR) is 98.2 cm³/mol. The van der Waals surface area contributed by atoms with Gasteiger partial charge in [0.1, 0.15) is 10.7 Å². The van der Waals surface area contributed by atoms with Crippen LogP contribution in [0.3, 0.4) is 0 Å². The number of nitro benzene ring substituents is 1. The van der Waals surface area contributed by atoms with Gasteiger partial charge in [-0.05, 0) is 30.3 Å². The Morgan fingerprint density at radius 1 is 1.04 bits per heavy atom. The lowest BCUT2D eigenvalue weighted by Gasteiger charge is -2.35. The molecule has 0 aliphatic carbocycles. The summed E-state index contributed by atoms with van der Waals surface area (Å²) in [7, 11) is -3.93. The molecule has 0 bridgehead atoms. The average Bonchev–Trinajstić information content (AvgIpc) is 2.64. The zero-order valence-electron chi connectivity index (χ0n) is 13.5. The quantitative estimate of drug-likeness (QED) is 0.535. The summed E-state index contributed by atoms with van der Waals surface area (Å²) in [4.78, 5) is 11.8. The van der Waals surface area contributed by atoms with Crippen LogP contribution in [0.15, 0.2) is 51.8 Å². The average molecular weight is 444 g/mol. The van der Waals surface area contributed by atoms with Crippen LogP contribution < -0.4 is 4.90 Å². The molecule has 0 amide bonds. The van der Waals surface area contributed by atoms with Crippen molar-refractivity contribution < 1.29 is 17.7 Å². The van der Waals surface area contributed by atoms with Gasteiger partial charge in [-0.3, -0.25) is 10.1 Å². The van der Waals surface area contributed by atoms with Crippen LogP contribution in [-0.4, -0.2) is 43.8 Å². The van der Waals surface area contributed by atoms with Crippen LogP contribution in [-0.2, 0) is 10.0 Å². The number of nitrogens with zero attached hydrogens (tertiary/aromatic N) is 3. The Morgan fingerprint density at radius 3 is 2.23 bits per heavy atom. The van der Waals surface area contributed by atoms with E-state index in [0.717, 1.165) is 11.8 Å². The lowest BCUT2D eigenvalue weighted by Crippen LogP contribution is -2.48. The van der Waals surface area contributed by atoms with E-state index in [1.807, 2.05) is 4.90 Å². The predicted octanol–water partition coefficient (Wildman–Crippen LogP) is 3.01. The van der Waals surface area contributed by atoms with E-state index in [1.165, 1.54) is 28.6 Å². The molecule has 0 aromatic heterocycles. The van der Waals surface area contributed by atoms with Crippen LogP contribution in [0.5, 0.6) is 0 Å². The van der Waals surface area contributed by atoms with Crippen molar-refractivity contribution in [3.05, 3.63) is 62.9 Å². The third kappa shape index (κ3) is 3.71. The highest BCUT2D eigenvalue weighted by Gasteiger charge is 2.31. The van der Waals surface area contributed by atoms with Crippen molar-refractivity contribution in [3.63, 3.8) is 0 Å². The second kappa shape index (κ2) is 7.29. The summed E-state index contributed by atoms with van der Waals surface area (Å²) in [5.41, 5.74) is 0.779. The Hall–Kier alpha value is -2.04. The summed E-state index contributed by atoms with van der Waals surface area (Å²) in [6, 6.07) is 9.91. The molecule has 1 saturated heterocycles. The van der Waals surface area contributed by atoms with Crippen LogP contribution in [0.2, 0.25) is 0 Å². The highest BCUT2D eigenvalue weighted by atomic mass is 79.9. The molecule has 26 heavy (non-hydrogen) atoms. The zero-order valence-corrected chi connectivity index (χ0v) is 15.9. The summed E-state index contributed by atoms with van der Waals surface area (Å²) in [5, 5.41) is 10.7. The van der Waals surface area contributed by atoms with Crippen molar-refractivity contribution >= 4 is 37.3 Å². The molecule has 2 aromatic carbocycles. The van der Waals surface area contributed by atoms with Crippen molar-refractivity contribution in [2.24, 2.45) is 0 Å². The largest absolute Gasteiger partial charge is 0.369 e. The zero-order chi connectivity index (χ0) is 18.9. The monoisotopic (exact) mass is 443 g/mol. The highest BCUT2D eigenvalue weighted by molar-refractivity contribution is 9.10. The molecule has 2 aromatic rings. The highest BCUT2D eigenvalue weighted by Crippen LogP contribution is 2.26. The summed E-state index contributed by atoms with van der Waals surface area (Å²) < 4.78 is 41.1. The first-order valence-corrected chi connectivity index (χ1v) is 9.97. The van der Waals surface area contributed by atoms with E-state index in [9.17, 15) is 22.9 Å². The van der Waals surface area contributed by atoms with E-state index < -0.39 is 20.8 Å². The fourth-order valence-electron chi connectivity index (χ4n) is 2.79. The molecule has 0 saturated carbocycles. The van der Waals surface area contributed by atoms with Gasteiger partial charge in [0, 0.05) is 48.5 Å². The molecule has 1 fully saturated rings. The minimum absolute atomic E-state index is 0.0000866. The van der Waals surface area contributed by atoms with Gasteiger partial charge in [-0.25, -0.2) is 12.8 Å². The van der Waals surface area contributed by atoms with Crippen LogP contribution in [0.1, 0.15) is 0 Å². The minimum atomic E-state index is -3.93. The Kier molecular flexibility index (Phi) is 5.26. The lowest BCUT2D eigenvalue weighted by atomic mass is 10.2. The van der Waals surface area contributed by atoms with Crippen LogP contribution in [0, 0.1) is 15.9 Å². The molecular weight excluding hydrogens is 429 g/mol. The molecule has 3 rings (SSSR count). The standard InChI is InChI=1S/C16H15BrFN3O4S/c17-12-1-6-15(18)16(11-12)26(24,25)20-9-7-19(8-10-20)13-2-4-14(5-3-13)21(22)23/h1-6,11H,7-10H2. The SMILES string of the molecule is O=[N+]([O-])c1ccc(N2CCN(S(=O)(=O)c3cc(Br)ccc3F)CC2)cc1. The number of sulfonamides is 1. The van der Waals surface area contributed by atoms with Gasteiger partial charge in [0.2, 0.25) is 10.0 Å². The number of anilines is 1. The van der Waals surface area contributed by atoms with Gasteiger partial charge in [0.05, 0.1) is 4.92 Å². The van der Waals surface area contributed by atoms with Crippen molar-refractivity contribution in [1.29, 1.82) is 0 Å². The maximum atomic E-state index is 14.0. The Bertz CT molecular complexity index is 929. The summed E-state index contributed by atoms with van der Waals surface area (Å²) in [6.07, 6.45) is 0. The van der Waals surface area contributed by atoms with Crippen LogP contribution >= 0.6 is 15.9 Å². The first-order chi connectivity index (χ1) is 12.3. The van der Waals surface area contributed by atoms with Crippen LogP contribution in [0.4, 0.5) is 15.8 Å². The Labute approximate surface area is 158 Å². The second-order valence-electron chi connectivity index (χ2n) is 5.74. The molecule has 10 heteroatoms. The van der Waals surface area contributed by atoms with Gasteiger partial charge < -0.3 is 4.90 Å². The third-order valence-electron chi connectivity index (χ3n) is 4.18. The van der Waals surface area contributed by atoms with Crippen LogP contribution in [0.25, 0.3) is 0 Å². The number of hydrogen-bond acceptors (Lipinski definition) is 5. The van der Waals surface area contributed by atoms with Gasteiger partial charge >= 0.3 is 0 Å². The number of halogens is 2. The molecule has 7 nitrogen and oxygen atoms in total. The van der Waals surface area contributed by atoms with Gasteiger partial charge in [-0.2, -0.15) is 4.31 Å². The smallest absolute Gasteiger partial charge is 0.269 e. The van der Waals surface area contributed by atoms with Crippen molar-refractivity contribution in [2.75, 3.05) is 31.1 Å². The fourth-order valence-corrected chi connectivity index (χ4v) is 4.81. The fraction of sp³-hybridized carbons (Fsp3) is 0.250. The topological polar surface area (TPSA) is 83.8 Å². The Morgan fingerprint density at radius 2 is 1.65 bits per heavy atom. The van der Waals surface area contributed by atoms with Crippen molar-refractivity contribution in [2.45, 2.75) is 4.90 Å². The van der Waals surface area contributed by atoms with Gasteiger partial charge in [-0.1, -0.05) is 15.9 Å². The van der Waals surface area contributed by atoms with Crippen molar-refractivity contribution in [1.82, 2.24) is 4.31 Å². The first kappa shape index (κ1) is 18.7. The molecule has 0 spiro atoms. The number of hydrogen-bond donors (Lipinski definition) is 0. The van der Waals surface area contributed by atoms with Gasteiger partial charge in [0.15, 0.2) is 0 Å². The van der Waals surface area contributed by atoms with E-state index >= 15 is 0 Å². The second-order valence-corrected chi connectivity index (χ2v) is 8.56. The van der Waals surface area contributed by atoms with E-state index in [-0.39, 0.29) is 23.7 Å². The molecule has 0 radical (unpaired) electrons. The molecule has 1 aliphatic rings. The van der Waals surface area contributed by atoms with Crippen molar-refractivity contribution in [3.8, 4) is 0 Å². The number of rotatable bonds is 4.